The Kier molecular flexibility index (Phi) is 4.07. The summed E-state index contributed by atoms with van der Waals surface area (Å²) in [6, 6.07) is 4.27. The molecule has 5 nitrogen and oxygen atoms in total. The average molecular weight is 301 g/mol. The third-order valence-corrected chi connectivity index (χ3v) is 4.51. The number of nitriles is 1. The molecule has 5 heteroatoms. The van der Waals surface area contributed by atoms with E-state index in [0.717, 1.165) is 43.9 Å². The number of rotatable bonds is 1. The van der Waals surface area contributed by atoms with Crippen LogP contribution < -0.4 is 4.90 Å². The lowest BCUT2D eigenvalue weighted by Crippen LogP contribution is -2.58. The van der Waals surface area contributed by atoms with Gasteiger partial charge in [-0.3, -0.25) is 4.98 Å². The van der Waals surface area contributed by atoms with E-state index in [9.17, 15) is 5.26 Å². The van der Waals surface area contributed by atoms with Gasteiger partial charge in [0.1, 0.15) is 6.07 Å². The fourth-order valence-corrected chi connectivity index (χ4v) is 3.68. The molecular weight excluding hydrogens is 278 g/mol. The minimum atomic E-state index is -0.167. The lowest BCUT2D eigenvalue weighted by molar-refractivity contribution is -0.163. The van der Waals surface area contributed by atoms with Gasteiger partial charge in [-0.15, -0.1) is 0 Å². The molecule has 2 aliphatic heterocycles. The highest BCUT2D eigenvalue weighted by molar-refractivity contribution is 5.59. The van der Waals surface area contributed by atoms with E-state index >= 15 is 0 Å². The third-order valence-electron chi connectivity index (χ3n) is 4.51. The van der Waals surface area contributed by atoms with Gasteiger partial charge >= 0.3 is 0 Å². The lowest BCUT2D eigenvalue weighted by Gasteiger charge is -2.49. The molecule has 1 aromatic heterocycles. The van der Waals surface area contributed by atoms with Crippen molar-refractivity contribution in [1.29, 1.82) is 5.26 Å². The summed E-state index contributed by atoms with van der Waals surface area (Å²) in [4.78, 5) is 6.53. The van der Waals surface area contributed by atoms with Crippen LogP contribution >= 0.6 is 0 Å². The Labute approximate surface area is 131 Å². The zero-order valence-electron chi connectivity index (χ0n) is 13.5. The van der Waals surface area contributed by atoms with Crippen molar-refractivity contribution >= 4 is 5.69 Å². The first kappa shape index (κ1) is 15.3. The van der Waals surface area contributed by atoms with Crippen LogP contribution in [0.15, 0.2) is 12.3 Å². The average Bonchev–Trinajstić information content (AvgIpc) is 2.46. The molecule has 2 saturated heterocycles. The maximum atomic E-state index is 9.38. The van der Waals surface area contributed by atoms with E-state index in [4.69, 9.17) is 9.47 Å². The van der Waals surface area contributed by atoms with Crippen LogP contribution in [0.25, 0.3) is 0 Å². The fourth-order valence-electron chi connectivity index (χ4n) is 3.68. The SMILES string of the molecule is Cc1cc(N2C[C@H](C)O[C@]3(CCO[C@H](C)C3)C2)c(C#N)cn1. The molecule has 0 aromatic carbocycles. The summed E-state index contributed by atoms with van der Waals surface area (Å²) in [6.45, 7) is 8.51. The lowest BCUT2D eigenvalue weighted by atomic mass is 9.88. The van der Waals surface area contributed by atoms with Gasteiger partial charge in [0, 0.05) is 44.4 Å². The van der Waals surface area contributed by atoms with Crippen LogP contribution in [0, 0.1) is 18.3 Å². The monoisotopic (exact) mass is 301 g/mol. The number of aromatic nitrogens is 1. The normalized spacial score (nSPS) is 32.0. The molecule has 3 heterocycles. The molecule has 0 bridgehead atoms. The smallest absolute Gasteiger partial charge is 0.103 e. The molecule has 22 heavy (non-hydrogen) atoms. The molecule has 2 aliphatic rings. The standard InChI is InChI=1S/C17H23N3O2/c1-12-6-16(15(8-18)9-19-12)20-10-14(3)22-17(11-20)4-5-21-13(2)7-17/h6,9,13-14H,4-5,7,10-11H2,1-3H3/t13-,14+,17+/m1/s1. The molecule has 2 fully saturated rings. The second kappa shape index (κ2) is 5.86. The Hall–Kier alpha value is -1.64. The minimum absolute atomic E-state index is 0.138. The maximum absolute atomic E-state index is 9.38. The van der Waals surface area contributed by atoms with E-state index < -0.39 is 0 Å². The van der Waals surface area contributed by atoms with Crippen molar-refractivity contribution in [1.82, 2.24) is 4.98 Å². The van der Waals surface area contributed by atoms with Crippen LogP contribution in [0.4, 0.5) is 5.69 Å². The Morgan fingerprint density at radius 1 is 1.41 bits per heavy atom. The Balaban J connectivity index is 1.91. The van der Waals surface area contributed by atoms with Gasteiger partial charge in [0.05, 0.1) is 29.1 Å². The van der Waals surface area contributed by atoms with Gasteiger partial charge in [-0.2, -0.15) is 5.26 Å². The molecule has 0 unspecified atom stereocenters. The van der Waals surface area contributed by atoms with Gasteiger partial charge in [-0.05, 0) is 26.8 Å². The Morgan fingerprint density at radius 2 is 2.23 bits per heavy atom. The van der Waals surface area contributed by atoms with Crippen LogP contribution in [0.5, 0.6) is 0 Å². The second-order valence-electron chi connectivity index (χ2n) is 6.58. The largest absolute Gasteiger partial charge is 0.378 e. The van der Waals surface area contributed by atoms with Gasteiger partial charge in [0.15, 0.2) is 0 Å². The van der Waals surface area contributed by atoms with Crippen molar-refractivity contribution in [3.63, 3.8) is 0 Å². The number of morpholine rings is 1. The van der Waals surface area contributed by atoms with E-state index in [-0.39, 0.29) is 17.8 Å². The van der Waals surface area contributed by atoms with E-state index in [1.54, 1.807) is 6.20 Å². The first-order chi connectivity index (χ1) is 10.5. The van der Waals surface area contributed by atoms with E-state index in [1.165, 1.54) is 0 Å². The highest BCUT2D eigenvalue weighted by Crippen LogP contribution is 2.36. The highest BCUT2D eigenvalue weighted by Gasteiger charge is 2.43. The number of aryl methyl sites for hydroxylation is 1. The van der Waals surface area contributed by atoms with Crippen LogP contribution in [-0.4, -0.2) is 42.5 Å². The number of nitrogens with zero attached hydrogens (tertiary/aromatic N) is 3. The quantitative estimate of drug-likeness (QED) is 0.797. The van der Waals surface area contributed by atoms with Crippen molar-refractivity contribution in [2.45, 2.75) is 51.4 Å². The second-order valence-corrected chi connectivity index (χ2v) is 6.58. The summed E-state index contributed by atoms with van der Waals surface area (Å²) in [7, 11) is 0. The Morgan fingerprint density at radius 3 is 2.95 bits per heavy atom. The van der Waals surface area contributed by atoms with Gasteiger partial charge < -0.3 is 14.4 Å². The molecule has 118 valence electrons. The molecule has 0 aliphatic carbocycles. The molecule has 1 spiro atoms. The topological polar surface area (TPSA) is 58.4 Å². The van der Waals surface area contributed by atoms with Gasteiger partial charge in [-0.25, -0.2) is 0 Å². The number of hydrogen-bond acceptors (Lipinski definition) is 5. The Bertz CT molecular complexity index is 594. The molecule has 0 saturated carbocycles. The third kappa shape index (κ3) is 2.94. The molecule has 1 aromatic rings. The highest BCUT2D eigenvalue weighted by atomic mass is 16.5. The van der Waals surface area contributed by atoms with Crippen molar-refractivity contribution in [3.05, 3.63) is 23.5 Å². The van der Waals surface area contributed by atoms with Crippen LogP contribution in [0.3, 0.4) is 0 Å². The van der Waals surface area contributed by atoms with E-state index in [1.807, 2.05) is 13.0 Å². The van der Waals surface area contributed by atoms with Crippen molar-refractivity contribution in [2.75, 3.05) is 24.6 Å². The molecule has 0 amide bonds. The van der Waals surface area contributed by atoms with Gasteiger partial charge in [0.25, 0.3) is 0 Å². The summed E-state index contributed by atoms with van der Waals surface area (Å²) in [5.41, 5.74) is 2.38. The number of ether oxygens (including phenoxy) is 2. The van der Waals surface area contributed by atoms with Gasteiger partial charge in [0.2, 0.25) is 0 Å². The van der Waals surface area contributed by atoms with E-state index in [0.29, 0.717) is 5.56 Å². The predicted octanol–water partition coefficient (Wildman–Crippen LogP) is 2.42. The van der Waals surface area contributed by atoms with Crippen molar-refractivity contribution < 1.29 is 9.47 Å². The molecule has 0 radical (unpaired) electrons. The van der Waals surface area contributed by atoms with Crippen LogP contribution in [0.1, 0.15) is 37.9 Å². The summed E-state index contributed by atoms with van der Waals surface area (Å²) in [5.74, 6) is 0. The maximum Gasteiger partial charge on any atom is 0.103 e. The van der Waals surface area contributed by atoms with Crippen LogP contribution in [0.2, 0.25) is 0 Å². The minimum Gasteiger partial charge on any atom is -0.378 e. The summed E-state index contributed by atoms with van der Waals surface area (Å²) in [5, 5.41) is 9.38. The molecule has 3 rings (SSSR count). The number of hydrogen-bond donors (Lipinski definition) is 0. The predicted molar refractivity (Wildman–Crippen MR) is 83.8 cm³/mol. The zero-order chi connectivity index (χ0) is 15.7. The summed E-state index contributed by atoms with van der Waals surface area (Å²) in [6.07, 6.45) is 3.84. The first-order valence-electron chi connectivity index (χ1n) is 7.92. The molecule has 3 atom stereocenters. The molecular formula is C17H23N3O2. The van der Waals surface area contributed by atoms with E-state index in [2.05, 4.69) is 29.8 Å². The zero-order valence-corrected chi connectivity index (χ0v) is 13.5. The van der Waals surface area contributed by atoms with Crippen molar-refractivity contribution in [3.8, 4) is 6.07 Å². The summed E-state index contributed by atoms with van der Waals surface area (Å²) >= 11 is 0. The summed E-state index contributed by atoms with van der Waals surface area (Å²) < 4.78 is 12.0. The van der Waals surface area contributed by atoms with Crippen LogP contribution in [-0.2, 0) is 9.47 Å². The number of pyridine rings is 1. The number of anilines is 1. The molecule has 0 N–H and O–H groups in total. The first-order valence-corrected chi connectivity index (χ1v) is 7.92. The van der Waals surface area contributed by atoms with Gasteiger partial charge in [-0.1, -0.05) is 0 Å². The van der Waals surface area contributed by atoms with Crippen molar-refractivity contribution in [2.24, 2.45) is 0 Å². The fraction of sp³-hybridized carbons (Fsp3) is 0.647.